The summed E-state index contributed by atoms with van der Waals surface area (Å²) in [6.45, 7) is 5.22. The molecule has 5 nitrogen and oxygen atoms in total. The largest absolute Gasteiger partial charge is 0.349 e. The number of aryl methyl sites for hydroxylation is 2. The summed E-state index contributed by atoms with van der Waals surface area (Å²) in [5, 5.41) is 7.55. The van der Waals surface area contributed by atoms with Crippen LogP contribution < -0.4 is 5.32 Å². The van der Waals surface area contributed by atoms with Gasteiger partial charge >= 0.3 is 0 Å². The summed E-state index contributed by atoms with van der Waals surface area (Å²) in [5.74, 6) is 0.0210. The summed E-state index contributed by atoms with van der Waals surface area (Å²) in [6, 6.07) is 10.9. The van der Waals surface area contributed by atoms with E-state index in [1.54, 1.807) is 4.68 Å². The predicted octanol–water partition coefficient (Wildman–Crippen LogP) is 2.42. The standard InChI is InChI=1S/C20H28N4O/c1-3-19-18(15-23(2)22-19)20(25)21-17-10-13-24(14-11-17)12-9-16-7-5-4-6-8-16/h4-8,15,17H,3,9-14H2,1-2H3,(H,21,25). The van der Waals surface area contributed by atoms with Crippen LogP contribution in [0.3, 0.4) is 0 Å². The molecule has 0 bridgehead atoms. The Morgan fingerprint density at radius 3 is 2.64 bits per heavy atom. The summed E-state index contributed by atoms with van der Waals surface area (Å²) in [4.78, 5) is 15.0. The van der Waals surface area contributed by atoms with Crippen LogP contribution >= 0.6 is 0 Å². The van der Waals surface area contributed by atoms with Gasteiger partial charge in [-0.15, -0.1) is 0 Å². The molecule has 1 aromatic heterocycles. The fraction of sp³-hybridized carbons (Fsp3) is 0.500. The van der Waals surface area contributed by atoms with Gasteiger partial charge in [0.25, 0.3) is 5.91 Å². The van der Waals surface area contributed by atoms with Crippen molar-refractivity contribution in [3.05, 3.63) is 53.3 Å². The Morgan fingerprint density at radius 1 is 1.24 bits per heavy atom. The third kappa shape index (κ3) is 4.69. The summed E-state index contributed by atoms with van der Waals surface area (Å²) < 4.78 is 1.72. The maximum atomic E-state index is 12.5. The Balaban J connectivity index is 1.45. The quantitative estimate of drug-likeness (QED) is 0.879. The van der Waals surface area contributed by atoms with E-state index in [0.717, 1.165) is 56.6 Å². The Morgan fingerprint density at radius 2 is 1.96 bits per heavy atom. The van der Waals surface area contributed by atoms with Crippen LogP contribution in [0.25, 0.3) is 0 Å². The Labute approximate surface area is 150 Å². The second-order valence-electron chi connectivity index (χ2n) is 6.84. The second-order valence-corrected chi connectivity index (χ2v) is 6.84. The van der Waals surface area contributed by atoms with Crippen molar-refractivity contribution in [3.63, 3.8) is 0 Å². The Hall–Kier alpha value is -2.14. The molecule has 1 fully saturated rings. The van der Waals surface area contributed by atoms with Crippen molar-refractivity contribution in [2.75, 3.05) is 19.6 Å². The molecule has 134 valence electrons. The van der Waals surface area contributed by atoms with Crippen LogP contribution in [0.15, 0.2) is 36.5 Å². The van der Waals surface area contributed by atoms with Crippen molar-refractivity contribution in [2.45, 2.75) is 38.6 Å². The normalized spacial score (nSPS) is 16.1. The van der Waals surface area contributed by atoms with Gasteiger partial charge in [0.1, 0.15) is 0 Å². The molecule has 0 unspecified atom stereocenters. The minimum atomic E-state index is 0.0210. The Kier molecular flexibility index (Phi) is 5.87. The zero-order valence-corrected chi connectivity index (χ0v) is 15.2. The van der Waals surface area contributed by atoms with Gasteiger partial charge in [-0.2, -0.15) is 5.10 Å². The van der Waals surface area contributed by atoms with Gasteiger partial charge in [0, 0.05) is 38.9 Å². The van der Waals surface area contributed by atoms with Crippen molar-refractivity contribution in [3.8, 4) is 0 Å². The molecule has 1 N–H and O–H groups in total. The predicted molar refractivity (Wildman–Crippen MR) is 99.7 cm³/mol. The summed E-state index contributed by atoms with van der Waals surface area (Å²) >= 11 is 0. The molecule has 1 aliphatic heterocycles. The molecule has 2 heterocycles. The molecule has 2 aromatic rings. The minimum absolute atomic E-state index is 0.0210. The molecule has 1 amide bonds. The van der Waals surface area contributed by atoms with E-state index in [1.807, 2.05) is 20.2 Å². The van der Waals surface area contributed by atoms with Crippen molar-refractivity contribution < 1.29 is 4.79 Å². The van der Waals surface area contributed by atoms with E-state index < -0.39 is 0 Å². The van der Waals surface area contributed by atoms with E-state index in [4.69, 9.17) is 0 Å². The minimum Gasteiger partial charge on any atom is -0.349 e. The number of piperidine rings is 1. The molecule has 5 heteroatoms. The maximum absolute atomic E-state index is 12.5. The topological polar surface area (TPSA) is 50.2 Å². The first kappa shape index (κ1) is 17.7. The maximum Gasteiger partial charge on any atom is 0.254 e. The summed E-state index contributed by atoms with van der Waals surface area (Å²) in [5.41, 5.74) is 2.98. The highest BCUT2D eigenvalue weighted by molar-refractivity contribution is 5.95. The third-order valence-electron chi connectivity index (χ3n) is 4.97. The molecule has 0 radical (unpaired) electrons. The van der Waals surface area contributed by atoms with E-state index in [1.165, 1.54) is 5.56 Å². The average molecular weight is 340 g/mol. The lowest BCUT2D eigenvalue weighted by Gasteiger charge is -2.32. The van der Waals surface area contributed by atoms with Crippen LogP contribution in [0.1, 0.15) is 41.4 Å². The SMILES string of the molecule is CCc1nn(C)cc1C(=O)NC1CCN(CCc2ccccc2)CC1. The number of hydrogen-bond acceptors (Lipinski definition) is 3. The molecular formula is C20H28N4O. The van der Waals surface area contributed by atoms with Gasteiger partial charge in [-0.3, -0.25) is 9.48 Å². The van der Waals surface area contributed by atoms with Gasteiger partial charge in [-0.25, -0.2) is 0 Å². The Bertz CT molecular complexity index is 687. The summed E-state index contributed by atoms with van der Waals surface area (Å²) in [7, 11) is 1.86. The van der Waals surface area contributed by atoms with Crippen molar-refractivity contribution in [1.29, 1.82) is 0 Å². The van der Waals surface area contributed by atoms with Crippen LogP contribution in [0.5, 0.6) is 0 Å². The van der Waals surface area contributed by atoms with Crippen molar-refractivity contribution >= 4 is 5.91 Å². The van der Waals surface area contributed by atoms with E-state index in [9.17, 15) is 4.79 Å². The molecule has 0 spiro atoms. The highest BCUT2D eigenvalue weighted by Crippen LogP contribution is 2.14. The lowest BCUT2D eigenvalue weighted by atomic mass is 10.0. The molecule has 3 rings (SSSR count). The first-order valence-corrected chi connectivity index (χ1v) is 9.25. The first-order chi connectivity index (χ1) is 12.2. The van der Waals surface area contributed by atoms with Crippen LogP contribution in [0.2, 0.25) is 0 Å². The molecule has 1 saturated heterocycles. The number of amides is 1. The zero-order valence-electron chi connectivity index (χ0n) is 15.2. The number of rotatable bonds is 6. The van der Waals surface area contributed by atoms with E-state index in [2.05, 4.69) is 45.6 Å². The molecular weight excluding hydrogens is 312 g/mol. The van der Waals surface area contributed by atoms with Gasteiger partial charge in [-0.05, 0) is 31.2 Å². The highest BCUT2D eigenvalue weighted by Gasteiger charge is 2.22. The number of benzene rings is 1. The van der Waals surface area contributed by atoms with Crippen molar-refractivity contribution in [1.82, 2.24) is 20.0 Å². The van der Waals surface area contributed by atoms with Crippen LogP contribution in [-0.4, -0.2) is 46.3 Å². The van der Waals surface area contributed by atoms with E-state index >= 15 is 0 Å². The van der Waals surface area contributed by atoms with Crippen LogP contribution in [0, 0.1) is 0 Å². The number of nitrogens with zero attached hydrogens (tertiary/aromatic N) is 3. The van der Waals surface area contributed by atoms with E-state index in [0.29, 0.717) is 0 Å². The third-order valence-corrected chi connectivity index (χ3v) is 4.97. The zero-order chi connectivity index (χ0) is 17.6. The highest BCUT2D eigenvalue weighted by atomic mass is 16.1. The van der Waals surface area contributed by atoms with Gasteiger partial charge in [0.05, 0.1) is 11.3 Å². The van der Waals surface area contributed by atoms with Crippen LogP contribution in [-0.2, 0) is 19.9 Å². The molecule has 0 aliphatic carbocycles. The van der Waals surface area contributed by atoms with E-state index in [-0.39, 0.29) is 11.9 Å². The number of hydrogen-bond donors (Lipinski definition) is 1. The monoisotopic (exact) mass is 340 g/mol. The molecule has 0 atom stereocenters. The smallest absolute Gasteiger partial charge is 0.254 e. The number of aromatic nitrogens is 2. The molecule has 1 aliphatic rings. The number of likely N-dealkylation sites (tertiary alicyclic amines) is 1. The second kappa shape index (κ2) is 8.30. The van der Waals surface area contributed by atoms with Gasteiger partial charge < -0.3 is 10.2 Å². The number of carbonyl (C=O) groups is 1. The first-order valence-electron chi connectivity index (χ1n) is 9.25. The summed E-state index contributed by atoms with van der Waals surface area (Å²) in [6.07, 6.45) is 5.72. The van der Waals surface area contributed by atoms with Gasteiger partial charge in [-0.1, -0.05) is 37.3 Å². The fourth-order valence-corrected chi connectivity index (χ4v) is 3.48. The number of carbonyl (C=O) groups excluding carboxylic acids is 1. The fourth-order valence-electron chi connectivity index (χ4n) is 3.48. The lowest BCUT2D eigenvalue weighted by Crippen LogP contribution is -2.45. The van der Waals surface area contributed by atoms with Crippen LogP contribution in [0.4, 0.5) is 0 Å². The van der Waals surface area contributed by atoms with Gasteiger partial charge in [0.15, 0.2) is 0 Å². The molecule has 0 saturated carbocycles. The molecule has 25 heavy (non-hydrogen) atoms. The number of nitrogens with one attached hydrogen (secondary N) is 1. The lowest BCUT2D eigenvalue weighted by molar-refractivity contribution is 0.0910. The average Bonchev–Trinajstić information content (AvgIpc) is 3.03. The molecule has 1 aromatic carbocycles. The van der Waals surface area contributed by atoms with Gasteiger partial charge in [0.2, 0.25) is 0 Å². The van der Waals surface area contributed by atoms with Crippen molar-refractivity contribution in [2.24, 2.45) is 7.05 Å².